The van der Waals surface area contributed by atoms with E-state index >= 15 is 0 Å². The monoisotopic (exact) mass is 320 g/mol. The van der Waals surface area contributed by atoms with E-state index in [1.807, 2.05) is 21.6 Å². The topological polar surface area (TPSA) is 55.1 Å². The molecule has 0 saturated heterocycles. The fourth-order valence-electron chi connectivity index (χ4n) is 2.04. The Labute approximate surface area is 133 Å². The molecular weight excluding hydrogens is 288 g/mol. The number of nitrogens with one attached hydrogen (secondary N) is 1. The van der Waals surface area contributed by atoms with Crippen LogP contribution in [0.15, 0.2) is 0 Å². The Hall–Kier alpha value is 0.130. The quantitative estimate of drug-likeness (QED) is 0.697. The molecule has 0 unspecified atom stereocenters. The van der Waals surface area contributed by atoms with E-state index in [9.17, 15) is 4.79 Å². The molecule has 5 heteroatoms. The number of nitrogens with two attached hydrogens (primary N) is 1. The van der Waals surface area contributed by atoms with E-state index in [4.69, 9.17) is 5.73 Å². The number of hydrogen-bond acceptors (Lipinski definition) is 4. The zero-order valence-electron chi connectivity index (χ0n) is 14.5. The van der Waals surface area contributed by atoms with Gasteiger partial charge in [0.1, 0.15) is 0 Å². The maximum absolute atomic E-state index is 11.4. The van der Waals surface area contributed by atoms with Crippen LogP contribution in [-0.2, 0) is 4.79 Å². The lowest BCUT2D eigenvalue weighted by Gasteiger charge is -2.43. The number of carbonyl (C=O) groups excluding carboxylic acids is 1. The van der Waals surface area contributed by atoms with Gasteiger partial charge in [0.2, 0.25) is 5.91 Å². The number of carbonyl (C=O) groups is 1. The summed E-state index contributed by atoms with van der Waals surface area (Å²) in [5.41, 5.74) is 5.69. The smallest absolute Gasteiger partial charge is 0.217 e. The van der Waals surface area contributed by atoms with Crippen LogP contribution in [0.25, 0.3) is 0 Å². The van der Waals surface area contributed by atoms with E-state index in [1.54, 1.807) is 6.92 Å². The van der Waals surface area contributed by atoms with Crippen molar-refractivity contribution in [2.24, 2.45) is 5.73 Å². The third-order valence-electron chi connectivity index (χ3n) is 3.35. The van der Waals surface area contributed by atoms with Crippen molar-refractivity contribution >= 4 is 27.5 Å². The summed E-state index contributed by atoms with van der Waals surface area (Å²) >= 11 is 0. The normalized spacial score (nSPS) is 14.3. The predicted molar refractivity (Wildman–Crippen MR) is 94.1 cm³/mol. The Morgan fingerprint density at radius 3 is 1.80 bits per heavy atom. The lowest BCUT2D eigenvalue weighted by atomic mass is 9.89. The van der Waals surface area contributed by atoms with Gasteiger partial charge in [0.05, 0.1) is 0 Å². The minimum absolute atomic E-state index is 0.0102. The molecule has 120 valence electrons. The Bertz CT molecular complexity index is 344. The summed E-state index contributed by atoms with van der Waals surface area (Å²) in [6.07, 6.45) is 0.939. The molecule has 0 rings (SSSR count). The van der Waals surface area contributed by atoms with Crippen LogP contribution in [0, 0.1) is 0 Å². The van der Waals surface area contributed by atoms with Gasteiger partial charge in [0.25, 0.3) is 0 Å². The minimum atomic E-state index is -0.273. The molecule has 0 fully saturated rings. The van der Waals surface area contributed by atoms with Crippen LogP contribution >= 0.6 is 21.6 Å². The summed E-state index contributed by atoms with van der Waals surface area (Å²) in [6, 6.07) is 0. The van der Waals surface area contributed by atoms with E-state index in [-0.39, 0.29) is 26.5 Å². The second-order valence-corrected chi connectivity index (χ2v) is 11.4. The second kappa shape index (κ2) is 6.49. The molecule has 0 heterocycles. The fraction of sp³-hybridized carbons (Fsp3) is 0.933. The lowest BCUT2D eigenvalue weighted by molar-refractivity contribution is -0.120. The number of rotatable bonds is 7. The molecule has 0 aromatic heterocycles. The lowest BCUT2D eigenvalue weighted by Crippen LogP contribution is -2.55. The average Bonchev–Trinajstić information content (AvgIpc) is 2.08. The van der Waals surface area contributed by atoms with Gasteiger partial charge in [-0.15, -0.1) is 0 Å². The highest BCUT2D eigenvalue weighted by Gasteiger charge is 2.40. The van der Waals surface area contributed by atoms with E-state index in [1.165, 1.54) is 0 Å². The van der Waals surface area contributed by atoms with Crippen LogP contribution in [0.3, 0.4) is 0 Å². The van der Waals surface area contributed by atoms with Crippen LogP contribution < -0.4 is 11.1 Å². The summed E-state index contributed by atoms with van der Waals surface area (Å²) in [4.78, 5) is 11.4. The highest BCUT2D eigenvalue weighted by molar-refractivity contribution is 8.77. The Kier molecular flexibility index (Phi) is 6.53. The van der Waals surface area contributed by atoms with Crippen molar-refractivity contribution in [3.8, 4) is 0 Å². The second-order valence-electron chi connectivity index (χ2n) is 7.91. The molecule has 0 aliphatic heterocycles. The highest BCUT2D eigenvalue weighted by Crippen LogP contribution is 2.49. The molecule has 0 radical (unpaired) electrons. The molecular formula is C15H32N2OS2. The molecule has 20 heavy (non-hydrogen) atoms. The summed E-state index contributed by atoms with van der Waals surface area (Å²) in [6.45, 7) is 18.6. The number of hydrogen-bond donors (Lipinski definition) is 2. The Morgan fingerprint density at radius 1 is 1.00 bits per heavy atom. The SMILES string of the molecule is CC(=O)NC(C)(C)C(C)(C)SSC(C)(C)CC(C)(C)N. The highest BCUT2D eigenvalue weighted by atomic mass is 33.1. The summed E-state index contributed by atoms with van der Waals surface area (Å²) in [5.74, 6) is 0.0102. The molecule has 0 aliphatic rings. The molecule has 3 nitrogen and oxygen atoms in total. The molecule has 0 spiro atoms. The maximum atomic E-state index is 11.4. The third kappa shape index (κ3) is 7.23. The van der Waals surface area contributed by atoms with Gasteiger partial charge in [-0.3, -0.25) is 4.79 Å². The van der Waals surface area contributed by atoms with Gasteiger partial charge in [-0.05, 0) is 61.8 Å². The van der Waals surface area contributed by atoms with Gasteiger partial charge < -0.3 is 11.1 Å². The molecule has 0 aromatic rings. The molecule has 0 saturated carbocycles. The van der Waals surface area contributed by atoms with Gasteiger partial charge in [0.15, 0.2) is 0 Å². The number of amides is 1. The van der Waals surface area contributed by atoms with Gasteiger partial charge in [-0.25, -0.2) is 0 Å². The summed E-state index contributed by atoms with van der Waals surface area (Å²) < 4.78 is 0.00579. The van der Waals surface area contributed by atoms with E-state index in [2.05, 4.69) is 60.7 Å². The van der Waals surface area contributed by atoms with Crippen molar-refractivity contribution in [1.82, 2.24) is 5.32 Å². The van der Waals surface area contributed by atoms with E-state index in [0.29, 0.717) is 0 Å². The maximum Gasteiger partial charge on any atom is 0.217 e. The van der Waals surface area contributed by atoms with Crippen molar-refractivity contribution in [1.29, 1.82) is 0 Å². The van der Waals surface area contributed by atoms with Crippen molar-refractivity contribution in [3.05, 3.63) is 0 Å². The molecule has 0 atom stereocenters. The predicted octanol–water partition coefficient (Wildman–Crippen LogP) is 3.97. The van der Waals surface area contributed by atoms with Gasteiger partial charge >= 0.3 is 0 Å². The first kappa shape index (κ1) is 20.1. The first-order valence-electron chi connectivity index (χ1n) is 7.02. The molecule has 0 aliphatic carbocycles. The zero-order chi connectivity index (χ0) is 16.4. The van der Waals surface area contributed by atoms with Crippen LogP contribution in [0.4, 0.5) is 0 Å². The molecule has 1 amide bonds. The Morgan fingerprint density at radius 2 is 1.45 bits per heavy atom. The first-order valence-corrected chi connectivity index (χ1v) is 9.17. The van der Waals surface area contributed by atoms with Gasteiger partial charge in [0, 0.05) is 27.5 Å². The van der Waals surface area contributed by atoms with Gasteiger partial charge in [-0.1, -0.05) is 21.6 Å². The van der Waals surface area contributed by atoms with Crippen LogP contribution in [-0.4, -0.2) is 26.5 Å². The van der Waals surface area contributed by atoms with E-state index < -0.39 is 0 Å². The van der Waals surface area contributed by atoms with Crippen molar-refractivity contribution in [2.45, 2.75) is 89.3 Å². The molecule has 0 aromatic carbocycles. The minimum Gasteiger partial charge on any atom is -0.350 e. The first-order chi connectivity index (χ1) is 8.58. The third-order valence-corrected chi connectivity index (χ3v) is 7.81. The standard InChI is InChI=1S/C15H32N2OS2/c1-11(18)17-14(6,7)15(8,9)20-19-13(4,5)10-12(2,3)16/h10,16H2,1-9H3,(H,17,18). The van der Waals surface area contributed by atoms with Gasteiger partial charge in [-0.2, -0.15) is 0 Å². The fourth-order valence-corrected chi connectivity index (χ4v) is 5.27. The summed E-state index contributed by atoms with van der Waals surface area (Å²) in [5, 5.41) is 3.05. The van der Waals surface area contributed by atoms with Crippen LogP contribution in [0.2, 0.25) is 0 Å². The van der Waals surface area contributed by atoms with Crippen LogP contribution in [0.5, 0.6) is 0 Å². The Balaban J connectivity index is 4.74. The molecule has 3 N–H and O–H groups in total. The van der Waals surface area contributed by atoms with Crippen molar-refractivity contribution in [2.75, 3.05) is 0 Å². The zero-order valence-corrected chi connectivity index (χ0v) is 16.1. The summed E-state index contributed by atoms with van der Waals surface area (Å²) in [7, 11) is 3.67. The van der Waals surface area contributed by atoms with Crippen molar-refractivity contribution < 1.29 is 4.79 Å². The van der Waals surface area contributed by atoms with E-state index in [0.717, 1.165) is 6.42 Å². The molecule has 0 bridgehead atoms. The average molecular weight is 321 g/mol. The largest absolute Gasteiger partial charge is 0.350 e. The van der Waals surface area contributed by atoms with Crippen molar-refractivity contribution in [3.63, 3.8) is 0 Å². The van der Waals surface area contributed by atoms with Crippen LogP contribution in [0.1, 0.15) is 68.7 Å².